The summed E-state index contributed by atoms with van der Waals surface area (Å²) in [5.74, 6) is 0. The van der Waals surface area contributed by atoms with Crippen molar-refractivity contribution in [2.24, 2.45) is 0 Å². The van der Waals surface area contributed by atoms with Crippen LogP contribution in [0.1, 0.15) is 0 Å². The van der Waals surface area contributed by atoms with Crippen LogP contribution < -0.4 is 0 Å². The van der Waals surface area contributed by atoms with Crippen LogP contribution in [-0.4, -0.2) is 19.9 Å². The second kappa shape index (κ2) is 26.8. The Balaban J connectivity index is 0.000000140. The topological polar surface area (TPSA) is 51.6 Å². The van der Waals surface area contributed by atoms with Crippen molar-refractivity contribution < 1.29 is 0 Å². The Bertz CT molecular complexity index is 7380. The minimum absolute atomic E-state index is 0.937. The van der Waals surface area contributed by atoms with E-state index < -0.39 is 0 Å². The van der Waals surface area contributed by atoms with Crippen LogP contribution in [0.5, 0.6) is 0 Å². The first-order chi connectivity index (χ1) is 54.5. The predicted octanol–water partition coefficient (Wildman–Crippen LogP) is 28.6. The van der Waals surface area contributed by atoms with E-state index in [0.29, 0.717) is 0 Å². The number of benzene rings is 18. The van der Waals surface area contributed by atoms with Gasteiger partial charge in [0.25, 0.3) is 0 Å². The molecule has 4 nitrogen and oxygen atoms in total. The van der Waals surface area contributed by atoms with E-state index in [1.807, 2.05) is 0 Å². The number of aromatic nitrogens is 4. The number of rotatable bonds is 9. The van der Waals surface area contributed by atoms with Crippen LogP contribution in [0.3, 0.4) is 0 Å². The summed E-state index contributed by atoms with van der Waals surface area (Å²) in [7, 11) is 0. The predicted molar refractivity (Wildman–Crippen MR) is 466 cm³/mol. The third-order valence-corrected chi connectivity index (χ3v) is 22.3. The van der Waals surface area contributed by atoms with Crippen molar-refractivity contribution in [2.75, 3.05) is 0 Å². The number of hydrogen-bond donors (Lipinski definition) is 0. The molecule has 0 aliphatic carbocycles. The largest absolute Gasteiger partial charge is 0.248 e. The Morgan fingerprint density at radius 1 is 0.136 bits per heavy atom. The molecule has 22 aromatic rings. The van der Waals surface area contributed by atoms with Crippen molar-refractivity contribution in [1.29, 1.82) is 0 Å². The van der Waals surface area contributed by atoms with Gasteiger partial charge in [-0.25, -0.2) is 19.9 Å². The van der Waals surface area contributed by atoms with Crippen molar-refractivity contribution in [3.63, 3.8) is 0 Å². The van der Waals surface area contributed by atoms with E-state index in [9.17, 15) is 0 Å². The highest BCUT2D eigenvalue weighted by Crippen LogP contribution is 2.47. The zero-order valence-electron chi connectivity index (χ0n) is 59.9. The van der Waals surface area contributed by atoms with Crippen LogP contribution >= 0.6 is 0 Å². The quantitative estimate of drug-likeness (QED) is 0.107. The van der Waals surface area contributed by atoms with Crippen LogP contribution in [-0.2, 0) is 0 Å². The smallest absolute Gasteiger partial charge is 0.0794 e. The molecule has 0 aliphatic heterocycles. The van der Waals surface area contributed by atoms with Gasteiger partial charge in [-0.15, -0.1) is 0 Å². The Labute approximate surface area is 635 Å². The Morgan fingerprint density at radius 2 is 0.418 bits per heavy atom. The Morgan fingerprint density at radius 3 is 0.818 bits per heavy atom. The molecule has 4 heteroatoms. The standard InChI is InChI=1S/C54H34N2.C52H32N2/c1-2-14-37(15-3-1)47-33-52(55-51-27-11-10-23-45(47)51)38-28-30-39(31-29-38)53-34-49(43-26-13-19-36-17-5-7-21-41(36)43)50-32-48(44-22-8-9-24-46(44)54(50)56-53)42-25-12-18-35-16-4-6-20-40(35)42;1-3-17-37-33(13-1)15-11-23-39(37)45-31-47-46(40-24-12-16-34-14-2-4-18-38(34)40)32-50(54-52(47)42-20-6-5-19-41(42)45)35-27-29-36(30-28-35)51-43-21-7-9-25-48(43)53-49-26-10-8-22-44(49)51/h1-34H;1-32H. The van der Waals surface area contributed by atoms with E-state index in [1.165, 1.54) is 115 Å². The molecule has 4 aromatic heterocycles. The third-order valence-electron chi connectivity index (χ3n) is 22.3. The molecule has 4 heterocycles. The van der Waals surface area contributed by atoms with E-state index in [2.05, 4.69) is 400 Å². The van der Waals surface area contributed by atoms with E-state index in [0.717, 1.165) is 105 Å². The van der Waals surface area contributed by atoms with Gasteiger partial charge in [0.2, 0.25) is 0 Å². The summed E-state index contributed by atoms with van der Waals surface area (Å²) in [6.45, 7) is 0. The fourth-order valence-corrected chi connectivity index (χ4v) is 17.1. The summed E-state index contributed by atoms with van der Waals surface area (Å²) in [6.07, 6.45) is 0. The van der Waals surface area contributed by atoms with Crippen LogP contribution in [0, 0.1) is 0 Å². The van der Waals surface area contributed by atoms with Crippen LogP contribution in [0.15, 0.2) is 400 Å². The summed E-state index contributed by atoms with van der Waals surface area (Å²) < 4.78 is 0. The maximum absolute atomic E-state index is 5.53. The second-order valence-corrected chi connectivity index (χ2v) is 28.6. The molecular weight excluding hydrogens is 1330 g/mol. The zero-order valence-corrected chi connectivity index (χ0v) is 59.9. The molecule has 0 bridgehead atoms. The van der Waals surface area contributed by atoms with Crippen LogP contribution in [0.2, 0.25) is 0 Å². The highest BCUT2D eigenvalue weighted by Gasteiger charge is 2.23. The monoisotopic (exact) mass is 1390 g/mol. The lowest BCUT2D eigenvalue weighted by atomic mass is 9.88. The van der Waals surface area contributed by atoms with Crippen molar-refractivity contribution >= 4 is 119 Å². The van der Waals surface area contributed by atoms with Gasteiger partial charge >= 0.3 is 0 Å². The Kier molecular flexibility index (Phi) is 15.5. The molecule has 110 heavy (non-hydrogen) atoms. The first kappa shape index (κ1) is 63.9. The van der Waals surface area contributed by atoms with Gasteiger partial charge in [-0.2, -0.15) is 0 Å². The molecule has 0 spiro atoms. The summed E-state index contributed by atoms with van der Waals surface area (Å²) in [4.78, 5) is 21.1. The number of hydrogen-bond acceptors (Lipinski definition) is 4. The molecule has 510 valence electrons. The van der Waals surface area contributed by atoms with Gasteiger partial charge in [-0.05, 0) is 164 Å². The van der Waals surface area contributed by atoms with E-state index in [-0.39, 0.29) is 0 Å². The SMILES string of the molecule is c1ccc(-c2cc(-c3ccc(-c4cc(-c5cccc6ccccc56)c5cc(-c6cccc7ccccc67)c6ccccc6c5n4)cc3)nc3ccccc23)cc1.c1ccc2c(-c3cc4c(-c5cccc6ccccc56)cc(-c5ccc(-c6c7ccccc7nc7ccccc67)cc5)nc4c4ccccc34)cccc2c1. The molecule has 0 saturated carbocycles. The second-order valence-electron chi connectivity index (χ2n) is 28.6. The summed E-state index contributed by atoms with van der Waals surface area (Å²) in [5.41, 5.74) is 25.4. The first-order valence-electron chi connectivity index (χ1n) is 37.7. The molecule has 18 aromatic carbocycles. The van der Waals surface area contributed by atoms with E-state index in [4.69, 9.17) is 19.9 Å². The molecule has 0 aliphatic rings. The highest BCUT2D eigenvalue weighted by molar-refractivity contribution is 6.22. The fraction of sp³-hybridized carbons (Fsp3) is 0. The summed E-state index contributed by atoms with van der Waals surface area (Å²) in [6, 6.07) is 144. The van der Waals surface area contributed by atoms with Gasteiger partial charge in [0.15, 0.2) is 0 Å². The van der Waals surface area contributed by atoms with Crippen LogP contribution in [0.25, 0.3) is 220 Å². The third kappa shape index (κ3) is 11.1. The van der Waals surface area contributed by atoms with Gasteiger partial charge in [-0.3, -0.25) is 0 Å². The zero-order chi connectivity index (χ0) is 72.6. The molecule has 0 fully saturated rings. The summed E-state index contributed by atoms with van der Waals surface area (Å²) in [5, 5.41) is 20.2. The molecule has 0 atom stereocenters. The highest BCUT2D eigenvalue weighted by atomic mass is 14.7. The van der Waals surface area contributed by atoms with E-state index >= 15 is 0 Å². The minimum atomic E-state index is 0.937. The number of para-hydroxylation sites is 3. The minimum Gasteiger partial charge on any atom is -0.248 e. The lowest BCUT2D eigenvalue weighted by Gasteiger charge is -2.18. The van der Waals surface area contributed by atoms with Crippen molar-refractivity contribution in [1.82, 2.24) is 19.9 Å². The molecule has 0 unspecified atom stereocenters. The average molecular weight is 1400 g/mol. The maximum atomic E-state index is 5.53. The molecule has 0 amide bonds. The number of nitrogens with zero attached hydrogens (tertiary/aromatic N) is 4. The van der Waals surface area contributed by atoms with Crippen molar-refractivity contribution in [3.8, 4) is 101 Å². The lowest BCUT2D eigenvalue weighted by Crippen LogP contribution is -1.94. The number of fused-ring (bicyclic) bond motifs is 13. The fourth-order valence-electron chi connectivity index (χ4n) is 17.1. The molecule has 0 radical (unpaired) electrons. The van der Waals surface area contributed by atoms with Gasteiger partial charge in [0.05, 0.1) is 44.7 Å². The average Bonchev–Trinajstić information content (AvgIpc) is 0.737. The van der Waals surface area contributed by atoms with Gasteiger partial charge in [-0.1, -0.05) is 352 Å². The Hall–Kier alpha value is -14.6. The molecule has 0 saturated heterocycles. The maximum Gasteiger partial charge on any atom is 0.0794 e. The lowest BCUT2D eigenvalue weighted by molar-refractivity contribution is 1.38. The van der Waals surface area contributed by atoms with Gasteiger partial charge in [0.1, 0.15) is 0 Å². The molecular formula is C106H66N4. The van der Waals surface area contributed by atoms with Crippen molar-refractivity contribution in [2.45, 2.75) is 0 Å². The first-order valence-corrected chi connectivity index (χ1v) is 37.7. The normalized spacial score (nSPS) is 11.6. The number of pyridine rings is 4. The van der Waals surface area contributed by atoms with Crippen LogP contribution in [0.4, 0.5) is 0 Å². The van der Waals surface area contributed by atoms with E-state index in [1.54, 1.807) is 0 Å². The van der Waals surface area contributed by atoms with Gasteiger partial charge in [0, 0.05) is 60.0 Å². The van der Waals surface area contributed by atoms with Crippen molar-refractivity contribution in [3.05, 3.63) is 400 Å². The molecule has 0 N–H and O–H groups in total. The molecule has 22 rings (SSSR count). The van der Waals surface area contributed by atoms with Gasteiger partial charge < -0.3 is 0 Å². The summed E-state index contributed by atoms with van der Waals surface area (Å²) >= 11 is 0.